The van der Waals surface area contributed by atoms with Crippen LogP contribution in [0.3, 0.4) is 0 Å². The van der Waals surface area contributed by atoms with Crippen molar-refractivity contribution in [3.05, 3.63) is 53.6 Å². The number of nitrogens with one attached hydrogen (secondary N) is 2. The molecule has 1 fully saturated rings. The summed E-state index contributed by atoms with van der Waals surface area (Å²) in [7, 11) is -3.79. The largest absolute Gasteiger partial charge is 0.370 e. The standard InChI is InChI=1S/C26H35N3O3S/c1-2-3-4-14-26(30)27-21-15-16-24(29-17-7-8-18-29)25(19-21)33(31,32)28-23-13-9-11-20-10-5-6-12-22(20)23/h5-6,10,12,15-16,19,23,28H,2-4,7-9,11,13-14,17-18H2,1H3,(H,27,30). The molecule has 178 valence electrons. The zero-order chi connectivity index (χ0) is 23.3. The van der Waals surface area contributed by atoms with Crippen molar-refractivity contribution in [2.45, 2.75) is 75.6 Å². The van der Waals surface area contributed by atoms with Crippen LogP contribution >= 0.6 is 0 Å². The summed E-state index contributed by atoms with van der Waals surface area (Å²) in [6, 6.07) is 13.1. The first-order valence-corrected chi connectivity index (χ1v) is 13.8. The Balaban J connectivity index is 1.61. The molecule has 0 saturated carbocycles. The molecule has 0 bridgehead atoms. The topological polar surface area (TPSA) is 78.5 Å². The van der Waals surface area contributed by atoms with Crippen LogP contribution in [0.1, 0.15) is 75.5 Å². The molecule has 0 spiro atoms. The van der Waals surface area contributed by atoms with Crippen LogP contribution in [0, 0.1) is 0 Å². The maximum atomic E-state index is 13.7. The minimum Gasteiger partial charge on any atom is -0.370 e. The second kappa shape index (κ2) is 10.7. The highest BCUT2D eigenvalue weighted by Crippen LogP contribution is 2.35. The van der Waals surface area contributed by atoms with Crippen LogP contribution in [0.25, 0.3) is 0 Å². The Hall–Kier alpha value is -2.38. The number of anilines is 2. The van der Waals surface area contributed by atoms with E-state index >= 15 is 0 Å². The van der Waals surface area contributed by atoms with Gasteiger partial charge in [0, 0.05) is 31.2 Å². The van der Waals surface area contributed by atoms with Crippen molar-refractivity contribution in [1.82, 2.24) is 4.72 Å². The highest BCUT2D eigenvalue weighted by Gasteiger charge is 2.29. The molecule has 1 amide bonds. The number of sulfonamides is 1. The summed E-state index contributed by atoms with van der Waals surface area (Å²) in [5, 5.41) is 2.90. The van der Waals surface area contributed by atoms with Crippen LogP contribution in [0.5, 0.6) is 0 Å². The Morgan fingerprint density at radius 3 is 2.64 bits per heavy atom. The maximum absolute atomic E-state index is 13.7. The molecule has 2 aliphatic rings. The molecular formula is C26H35N3O3S. The van der Waals surface area contributed by atoms with E-state index in [2.05, 4.69) is 27.9 Å². The molecule has 1 heterocycles. The fraction of sp³-hybridized carbons (Fsp3) is 0.500. The number of carbonyl (C=O) groups is 1. The average molecular weight is 470 g/mol. The molecule has 1 atom stereocenters. The van der Waals surface area contributed by atoms with Gasteiger partial charge in [0.2, 0.25) is 15.9 Å². The van der Waals surface area contributed by atoms with Crippen molar-refractivity contribution in [2.75, 3.05) is 23.3 Å². The molecule has 6 nitrogen and oxygen atoms in total. The quantitative estimate of drug-likeness (QED) is 0.497. The second-order valence-electron chi connectivity index (χ2n) is 9.15. The number of benzene rings is 2. The van der Waals surface area contributed by atoms with E-state index in [4.69, 9.17) is 0 Å². The summed E-state index contributed by atoms with van der Waals surface area (Å²) >= 11 is 0. The van der Waals surface area contributed by atoms with Gasteiger partial charge in [-0.2, -0.15) is 0 Å². The molecule has 33 heavy (non-hydrogen) atoms. The fourth-order valence-electron chi connectivity index (χ4n) is 4.91. The predicted molar refractivity (Wildman–Crippen MR) is 133 cm³/mol. The number of aryl methyl sites for hydroxylation is 1. The number of unbranched alkanes of at least 4 members (excludes halogenated alkanes) is 2. The molecule has 2 aromatic carbocycles. The smallest absolute Gasteiger partial charge is 0.243 e. The van der Waals surface area contributed by atoms with Gasteiger partial charge >= 0.3 is 0 Å². The number of hydrogen-bond acceptors (Lipinski definition) is 4. The van der Waals surface area contributed by atoms with Gasteiger partial charge in [-0.05, 0) is 67.9 Å². The van der Waals surface area contributed by atoms with Crippen LogP contribution in [-0.4, -0.2) is 27.4 Å². The first-order valence-electron chi connectivity index (χ1n) is 12.3. The van der Waals surface area contributed by atoms with Crippen LogP contribution in [-0.2, 0) is 21.2 Å². The van der Waals surface area contributed by atoms with Crippen molar-refractivity contribution in [1.29, 1.82) is 0 Å². The zero-order valence-corrected chi connectivity index (χ0v) is 20.3. The lowest BCUT2D eigenvalue weighted by Crippen LogP contribution is -2.32. The van der Waals surface area contributed by atoms with Gasteiger partial charge in [0.05, 0.1) is 5.69 Å². The van der Waals surface area contributed by atoms with Crippen LogP contribution in [0.15, 0.2) is 47.4 Å². The van der Waals surface area contributed by atoms with E-state index in [1.54, 1.807) is 6.07 Å². The third-order valence-corrected chi connectivity index (χ3v) is 8.15. The minimum absolute atomic E-state index is 0.0742. The molecule has 4 rings (SSSR count). The van der Waals surface area contributed by atoms with Crippen LogP contribution in [0.2, 0.25) is 0 Å². The van der Waals surface area contributed by atoms with Crippen LogP contribution < -0.4 is 14.9 Å². The fourth-order valence-corrected chi connectivity index (χ4v) is 6.41. The third-order valence-electron chi connectivity index (χ3n) is 6.65. The van der Waals surface area contributed by atoms with Gasteiger partial charge in [-0.15, -0.1) is 0 Å². The molecule has 1 aliphatic carbocycles. The summed E-state index contributed by atoms with van der Waals surface area (Å²) in [6.07, 6.45) is 8.16. The number of fused-ring (bicyclic) bond motifs is 1. The van der Waals surface area contributed by atoms with Gasteiger partial charge in [-0.3, -0.25) is 4.79 Å². The van der Waals surface area contributed by atoms with E-state index in [0.29, 0.717) is 17.8 Å². The molecule has 0 aromatic heterocycles. The van der Waals surface area contributed by atoms with Gasteiger partial charge < -0.3 is 10.2 Å². The molecular weight excluding hydrogens is 434 g/mol. The average Bonchev–Trinajstić information content (AvgIpc) is 3.34. The molecule has 0 radical (unpaired) electrons. The van der Waals surface area contributed by atoms with Gasteiger partial charge in [0.1, 0.15) is 4.90 Å². The van der Waals surface area contributed by atoms with Gasteiger partial charge in [-0.25, -0.2) is 13.1 Å². The normalized spacial score (nSPS) is 18.2. The monoisotopic (exact) mass is 469 g/mol. The maximum Gasteiger partial charge on any atom is 0.243 e. The molecule has 2 aromatic rings. The lowest BCUT2D eigenvalue weighted by Gasteiger charge is -2.28. The molecule has 1 saturated heterocycles. The Morgan fingerprint density at radius 2 is 1.85 bits per heavy atom. The summed E-state index contributed by atoms with van der Waals surface area (Å²) in [5.74, 6) is -0.0742. The molecule has 2 N–H and O–H groups in total. The number of rotatable bonds is 9. The summed E-state index contributed by atoms with van der Waals surface area (Å²) in [5.41, 5.74) is 3.52. The van der Waals surface area contributed by atoms with E-state index in [0.717, 1.165) is 70.0 Å². The predicted octanol–water partition coefficient (Wildman–Crippen LogP) is 5.16. The lowest BCUT2D eigenvalue weighted by atomic mass is 9.88. The summed E-state index contributed by atoms with van der Waals surface area (Å²) in [4.78, 5) is 14.7. The number of nitrogens with zero attached hydrogens (tertiary/aromatic N) is 1. The van der Waals surface area contributed by atoms with Crippen molar-refractivity contribution in [2.24, 2.45) is 0 Å². The Labute approximate surface area is 197 Å². The van der Waals surface area contributed by atoms with E-state index in [9.17, 15) is 13.2 Å². The third kappa shape index (κ3) is 5.76. The van der Waals surface area contributed by atoms with E-state index in [-0.39, 0.29) is 16.8 Å². The van der Waals surface area contributed by atoms with Crippen LogP contribution in [0.4, 0.5) is 11.4 Å². The zero-order valence-electron chi connectivity index (χ0n) is 19.5. The van der Waals surface area contributed by atoms with E-state index in [1.807, 2.05) is 30.3 Å². The van der Waals surface area contributed by atoms with E-state index < -0.39 is 10.0 Å². The Bertz CT molecular complexity index is 1080. The van der Waals surface area contributed by atoms with Gasteiger partial charge in [-0.1, -0.05) is 44.0 Å². The molecule has 1 unspecified atom stereocenters. The Kier molecular flexibility index (Phi) is 7.71. The highest BCUT2D eigenvalue weighted by atomic mass is 32.2. The molecule has 1 aliphatic heterocycles. The first-order chi connectivity index (χ1) is 16.0. The van der Waals surface area contributed by atoms with Gasteiger partial charge in [0.15, 0.2) is 0 Å². The van der Waals surface area contributed by atoms with Crippen molar-refractivity contribution < 1.29 is 13.2 Å². The summed E-state index contributed by atoms with van der Waals surface area (Å²) < 4.78 is 30.4. The number of carbonyl (C=O) groups excluding carboxylic acids is 1. The second-order valence-corrected chi connectivity index (χ2v) is 10.8. The first kappa shape index (κ1) is 23.8. The summed E-state index contributed by atoms with van der Waals surface area (Å²) in [6.45, 7) is 3.79. The Morgan fingerprint density at radius 1 is 1.06 bits per heavy atom. The highest BCUT2D eigenvalue weighted by molar-refractivity contribution is 7.89. The van der Waals surface area contributed by atoms with E-state index in [1.165, 1.54) is 5.56 Å². The van der Waals surface area contributed by atoms with Crippen molar-refractivity contribution in [3.63, 3.8) is 0 Å². The lowest BCUT2D eigenvalue weighted by molar-refractivity contribution is -0.116. The van der Waals surface area contributed by atoms with Crippen molar-refractivity contribution >= 4 is 27.3 Å². The number of hydrogen-bond donors (Lipinski definition) is 2. The SMILES string of the molecule is CCCCCC(=O)Nc1ccc(N2CCCC2)c(S(=O)(=O)NC2CCCc3ccccc32)c1. The van der Waals surface area contributed by atoms with Crippen molar-refractivity contribution in [3.8, 4) is 0 Å². The molecule has 7 heteroatoms. The van der Waals surface area contributed by atoms with Gasteiger partial charge in [0.25, 0.3) is 0 Å². The minimum atomic E-state index is -3.79. The number of amides is 1.